The number of aromatic nitrogens is 1. The Morgan fingerprint density at radius 3 is 2.86 bits per heavy atom. The Kier molecular flexibility index (Phi) is 5.23. The highest BCUT2D eigenvalue weighted by Gasteiger charge is 2.28. The molecule has 0 aliphatic carbocycles. The first-order chi connectivity index (χ1) is 10.3. The molecule has 1 N–H and O–H groups in total. The third-order valence-electron chi connectivity index (χ3n) is 3.26. The molecule has 0 spiro atoms. The van der Waals surface area contributed by atoms with Gasteiger partial charge in [0.1, 0.15) is 0 Å². The topological polar surface area (TPSA) is 60.5 Å². The minimum Gasteiger partial charge on any atom is -0.468 e. The molecule has 0 radical (unpaired) electrons. The lowest BCUT2D eigenvalue weighted by Crippen LogP contribution is -2.40. The van der Waals surface area contributed by atoms with Crippen LogP contribution < -0.4 is 10.1 Å². The maximum Gasteiger partial charge on any atom is 0.422 e. The molecule has 1 fully saturated rings. The second-order valence-electron chi connectivity index (χ2n) is 5.10. The molecule has 122 valence electrons. The Hall–Kier alpha value is -1.83. The van der Waals surface area contributed by atoms with Crippen molar-refractivity contribution in [1.82, 2.24) is 10.3 Å². The molecule has 22 heavy (non-hydrogen) atoms. The van der Waals surface area contributed by atoms with Crippen LogP contribution >= 0.6 is 0 Å². The van der Waals surface area contributed by atoms with Gasteiger partial charge < -0.3 is 14.8 Å². The zero-order valence-corrected chi connectivity index (χ0v) is 12.0. The Bertz CT molecular complexity index is 499. The molecule has 2 atom stereocenters. The SMILES string of the molecule is CC(NC(=O)c1ccc(OCC(F)(F)F)nc1)C1CCCO1. The molecular formula is C14H17F3N2O3. The largest absolute Gasteiger partial charge is 0.468 e. The van der Waals surface area contributed by atoms with E-state index in [1.807, 2.05) is 6.92 Å². The van der Waals surface area contributed by atoms with Crippen molar-refractivity contribution in [1.29, 1.82) is 0 Å². The average molecular weight is 318 g/mol. The van der Waals surface area contributed by atoms with Gasteiger partial charge >= 0.3 is 6.18 Å². The first kappa shape index (κ1) is 16.5. The molecular weight excluding hydrogens is 301 g/mol. The maximum atomic E-state index is 12.0. The summed E-state index contributed by atoms with van der Waals surface area (Å²) in [5, 5.41) is 2.79. The van der Waals surface area contributed by atoms with Gasteiger partial charge in [-0.3, -0.25) is 4.79 Å². The third-order valence-corrected chi connectivity index (χ3v) is 3.26. The summed E-state index contributed by atoms with van der Waals surface area (Å²) < 4.78 is 46.0. The van der Waals surface area contributed by atoms with E-state index in [1.54, 1.807) is 0 Å². The van der Waals surface area contributed by atoms with Gasteiger partial charge in [-0.2, -0.15) is 13.2 Å². The number of carbonyl (C=O) groups excluding carboxylic acids is 1. The molecule has 5 nitrogen and oxygen atoms in total. The van der Waals surface area contributed by atoms with Gasteiger partial charge in [-0.05, 0) is 25.8 Å². The van der Waals surface area contributed by atoms with Gasteiger partial charge in [-0.1, -0.05) is 0 Å². The molecule has 1 aliphatic heterocycles. The second-order valence-corrected chi connectivity index (χ2v) is 5.10. The third kappa shape index (κ3) is 4.87. The van der Waals surface area contributed by atoms with Crippen LogP contribution in [0, 0.1) is 0 Å². The van der Waals surface area contributed by atoms with Crippen molar-refractivity contribution in [3.63, 3.8) is 0 Å². The quantitative estimate of drug-likeness (QED) is 0.905. The molecule has 1 saturated heterocycles. The van der Waals surface area contributed by atoms with Gasteiger partial charge in [0.25, 0.3) is 5.91 Å². The number of rotatable bonds is 5. The molecule has 1 aromatic heterocycles. The van der Waals surface area contributed by atoms with Crippen molar-refractivity contribution in [2.45, 2.75) is 38.1 Å². The van der Waals surface area contributed by atoms with Crippen molar-refractivity contribution in [2.75, 3.05) is 13.2 Å². The number of amides is 1. The lowest BCUT2D eigenvalue weighted by atomic mass is 10.1. The minimum absolute atomic E-state index is 0.00805. The van der Waals surface area contributed by atoms with E-state index >= 15 is 0 Å². The summed E-state index contributed by atoms with van der Waals surface area (Å²) in [5.74, 6) is -0.529. The van der Waals surface area contributed by atoms with E-state index in [0.29, 0.717) is 6.61 Å². The number of alkyl halides is 3. The van der Waals surface area contributed by atoms with E-state index in [1.165, 1.54) is 18.3 Å². The molecule has 2 heterocycles. The standard InChI is InChI=1S/C14H17F3N2O3/c1-9(11-3-2-6-21-11)19-13(20)10-4-5-12(18-7-10)22-8-14(15,16)17/h4-5,7,9,11H,2-3,6,8H2,1H3,(H,19,20). The summed E-state index contributed by atoms with van der Waals surface area (Å²) in [6, 6.07) is 2.46. The predicted octanol–water partition coefficient (Wildman–Crippen LogP) is 2.32. The molecule has 8 heteroatoms. The molecule has 1 amide bonds. The number of nitrogens with one attached hydrogen (secondary N) is 1. The zero-order valence-electron chi connectivity index (χ0n) is 12.0. The Morgan fingerprint density at radius 1 is 1.55 bits per heavy atom. The molecule has 2 rings (SSSR count). The summed E-state index contributed by atoms with van der Waals surface area (Å²) in [7, 11) is 0. The molecule has 2 unspecified atom stereocenters. The fraction of sp³-hybridized carbons (Fsp3) is 0.571. The van der Waals surface area contributed by atoms with Crippen LogP contribution in [-0.2, 0) is 4.74 Å². The van der Waals surface area contributed by atoms with Gasteiger partial charge in [0.2, 0.25) is 5.88 Å². The monoisotopic (exact) mass is 318 g/mol. The molecule has 1 aromatic rings. The summed E-state index contributed by atoms with van der Waals surface area (Å²) >= 11 is 0. The lowest BCUT2D eigenvalue weighted by Gasteiger charge is -2.19. The second kappa shape index (κ2) is 6.95. The maximum absolute atomic E-state index is 12.0. The molecule has 0 saturated carbocycles. The Labute approximate surface area is 125 Å². The van der Waals surface area contributed by atoms with E-state index in [4.69, 9.17) is 4.74 Å². The van der Waals surface area contributed by atoms with Crippen LogP contribution in [0.2, 0.25) is 0 Å². The van der Waals surface area contributed by atoms with E-state index in [-0.39, 0.29) is 29.5 Å². The van der Waals surface area contributed by atoms with Crippen molar-refractivity contribution in [3.05, 3.63) is 23.9 Å². The van der Waals surface area contributed by atoms with Crippen LogP contribution in [0.3, 0.4) is 0 Å². The summed E-state index contributed by atoms with van der Waals surface area (Å²) in [5.41, 5.74) is 0.254. The van der Waals surface area contributed by atoms with Gasteiger partial charge in [0.15, 0.2) is 6.61 Å². The van der Waals surface area contributed by atoms with E-state index in [2.05, 4.69) is 15.0 Å². The summed E-state index contributed by atoms with van der Waals surface area (Å²) in [6.45, 7) is 1.13. The smallest absolute Gasteiger partial charge is 0.422 e. The highest BCUT2D eigenvalue weighted by molar-refractivity contribution is 5.94. The highest BCUT2D eigenvalue weighted by Crippen LogP contribution is 2.18. The van der Waals surface area contributed by atoms with Gasteiger partial charge in [-0.15, -0.1) is 0 Å². The van der Waals surface area contributed by atoms with Crippen molar-refractivity contribution >= 4 is 5.91 Å². The van der Waals surface area contributed by atoms with Gasteiger partial charge in [0.05, 0.1) is 17.7 Å². The molecule has 0 bridgehead atoms. The fourth-order valence-electron chi connectivity index (χ4n) is 2.14. The Balaban J connectivity index is 1.87. The van der Waals surface area contributed by atoms with Crippen LogP contribution in [0.25, 0.3) is 0 Å². The molecule has 0 aromatic carbocycles. The van der Waals surface area contributed by atoms with Crippen molar-refractivity contribution in [2.24, 2.45) is 0 Å². The van der Waals surface area contributed by atoms with Crippen molar-refractivity contribution in [3.8, 4) is 5.88 Å². The lowest BCUT2D eigenvalue weighted by molar-refractivity contribution is -0.154. The van der Waals surface area contributed by atoms with Crippen LogP contribution in [-0.4, -0.2) is 42.4 Å². The normalized spacial score (nSPS) is 19.7. The van der Waals surface area contributed by atoms with Crippen LogP contribution in [0.5, 0.6) is 5.88 Å². The highest BCUT2D eigenvalue weighted by atomic mass is 19.4. The average Bonchev–Trinajstić information content (AvgIpc) is 2.99. The minimum atomic E-state index is -4.42. The van der Waals surface area contributed by atoms with E-state index in [0.717, 1.165) is 12.8 Å². The summed E-state index contributed by atoms with van der Waals surface area (Å²) in [6.07, 6.45) is -1.38. The zero-order chi connectivity index (χ0) is 16.2. The number of hydrogen-bond donors (Lipinski definition) is 1. The number of halogens is 3. The van der Waals surface area contributed by atoms with Crippen LogP contribution in [0.4, 0.5) is 13.2 Å². The fourth-order valence-corrected chi connectivity index (χ4v) is 2.14. The number of pyridine rings is 1. The number of carbonyl (C=O) groups is 1. The van der Waals surface area contributed by atoms with Gasteiger partial charge in [0, 0.05) is 18.9 Å². The number of hydrogen-bond acceptors (Lipinski definition) is 4. The first-order valence-corrected chi connectivity index (χ1v) is 6.93. The number of ether oxygens (including phenoxy) is 2. The van der Waals surface area contributed by atoms with Crippen LogP contribution in [0.1, 0.15) is 30.1 Å². The molecule has 1 aliphatic rings. The first-order valence-electron chi connectivity index (χ1n) is 6.93. The van der Waals surface area contributed by atoms with E-state index < -0.39 is 12.8 Å². The number of nitrogens with zero attached hydrogens (tertiary/aromatic N) is 1. The Morgan fingerprint density at radius 2 is 2.32 bits per heavy atom. The summed E-state index contributed by atoms with van der Waals surface area (Å²) in [4.78, 5) is 15.7. The van der Waals surface area contributed by atoms with Crippen molar-refractivity contribution < 1.29 is 27.4 Å². The van der Waals surface area contributed by atoms with Gasteiger partial charge in [-0.25, -0.2) is 4.98 Å². The van der Waals surface area contributed by atoms with Crippen LogP contribution in [0.15, 0.2) is 18.3 Å². The predicted molar refractivity (Wildman–Crippen MR) is 71.7 cm³/mol. The van der Waals surface area contributed by atoms with E-state index in [9.17, 15) is 18.0 Å².